The van der Waals surface area contributed by atoms with Gasteiger partial charge in [0.15, 0.2) is 0 Å². The van der Waals surface area contributed by atoms with Crippen LogP contribution in [0.5, 0.6) is 0 Å². The number of halogens is 1. The number of rotatable bonds is 2. The van der Waals surface area contributed by atoms with E-state index in [0.717, 1.165) is 25.9 Å². The first-order chi connectivity index (χ1) is 8.59. The topological polar surface area (TPSA) is 32.3 Å². The smallest absolute Gasteiger partial charge is 0.226 e. The van der Waals surface area contributed by atoms with Crippen LogP contribution in [0.1, 0.15) is 52.9 Å². The second-order valence-electron chi connectivity index (χ2n) is 6.42. The Labute approximate surface area is 123 Å². The van der Waals surface area contributed by atoms with Crippen LogP contribution in [0.25, 0.3) is 0 Å². The van der Waals surface area contributed by atoms with E-state index in [0.29, 0.717) is 23.9 Å². The van der Waals surface area contributed by atoms with Gasteiger partial charge in [-0.2, -0.15) is 0 Å². The number of nitrogens with one attached hydrogen (secondary N) is 1. The first-order valence-electron chi connectivity index (χ1n) is 7.63. The molecule has 1 amide bonds. The molecule has 0 aromatic rings. The van der Waals surface area contributed by atoms with Gasteiger partial charge >= 0.3 is 0 Å². The molecule has 1 N–H and O–H groups in total. The summed E-state index contributed by atoms with van der Waals surface area (Å²) in [5.74, 6) is 1.29. The third kappa shape index (κ3) is 4.09. The summed E-state index contributed by atoms with van der Waals surface area (Å²) in [6.07, 6.45) is 5.71. The van der Waals surface area contributed by atoms with Crippen molar-refractivity contribution < 1.29 is 4.79 Å². The first kappa shape index (κ1) is 16.8. The van der Waals surface area contributed by atoms with Crippen LogP contribution in [-0.2, 0) is 4.79 Å². The average Bonchev–Trinajstić information content (AvgIpc) is 2.38. The highest BCUT2D eigenvalue weighted by Gasteiger charge is 2.34. The summed E-state index contributed by atoms with van der Waals surface area (Å²) in [7, 11) is 0. The van der Waals surface area contributed by atoms with E-state index in [1.54, 1.807) is 0 Å². The van der Waals surface area contributed by atoms with Crippen molar-refractivity contribution in [1.29, 1.82) is 0 Å². The van der Waals surface area contributed by atoms with Crippen LogP contribution in [-0.4, -0.2) is 36.0 Å². The van der Waals surface area contributed by atoms with Crippen LogP contribution in [0.2, 0.25) is 0 Å². The molecule has 2 rings (SSSR count). The van der Waals surface area contributed by atoms with Gasteiger partial charge < -0.3 is 10.2 Å². The Bertz CT molecular complexity index is 296. The Morgan fingerprint density at radius 2 is 2.00 bits per heavy atom. The first-order valence-corrected chi connectivity index (χ1v) is 7.63. The third-order valence-electron chi connectivity index (χ3n) is 4.57. The third-order valence-corrected chi connectivity index (χ3v) is 4.57. The van der Waals surface area contributed by atoms with Crippen LogP contribution in [0.4, 0.5) is 0 Å². The van der Waals surface area contributed by atoms with Crippen molar-refractivity contribution in [3.8, 4) is 0 Å². The number of hydrogen-bond donors (Lipinski definition) is 1. The van der Waals surface area contributed by atoms with Crippen molar-refractivity contribution in [2.24, 2.45) is 11.8 Å². The summed E-state index contributed by atoms with van der Waals surface area (Å²) in [4.78, 5) is 14.9. The molecule has 0 spiro atoms. The fourth-order valence-electron chi connectivity index (χ4n) is 3.51. The lowest BCUT2D eigenvalue weighted by Crippen LogP contribution is -2.51. The monoisotopic (exact) mass is 288 g/mol. The van der Waals surface area contributed by atoms with Crippen LogP contribution in [0.15, 0.2) is 0 Å². The van der Waals surface area contributed by atoms with Gasteiger partial charge in [0.25, 0.3) is 0 Å². The zero-order valence-corrected chi connectivity index (χ0v) is 13.3. The molecule has 2 aliphatic heterocycles. The van der Waals surface area contributed by atoms with Gasteiger partial charge in [0.2, 0.25) is 5.91 Å². The van der Waals surface area contributed by atoms with Crippen molar-refractivity contribution >= 4 is 18.3 Å². The number of likely N-dealkylation sites (tertiary alicyclic amines) is 1. The number of piperidine rings is 2. The minimum atomic E-state index is 0. The molecule has 0 saturated carbocycles. The maximum Gasteiger partial charge on any atom is 0.226 e. The van der Waals surface area contributed by atoms with Crippen LogP contribution in [0.3, 0.4) is 0 Å². The normalized spacial score (nSPS) is 32.0. The summed E-state index contributed by atoms with van der Waals surface area (Å²) in [5.41, 5.74) is 0. The van der Waals surface area contributed by atoms with E-state index in [1.165, 1.54) is 19.3 Å². The number of amides is 1. The van der Waals surface area contributed by atoms with E-state index in [2.05, 4.69) is 31.0 Å². The second-order valence-corrected chi connectivity index (χ2v) is 6.42. The van der Waals surface area contributed by atoms with E-state index >= 15 is 0 Å². The van der Waals surface area contributed by atoms with Gasteiger partial charge in [-0.25, -0.2) is 0 Å². The maximum atomic E-state index is 12.7. The Kier molecular flexibility index (Phi) is 6.61. The van der Waals surface area contributed by atoms with Gasteiger partial charge in [-0.15, -0.1) is 12.4 Å². The summed E-state index contributed by atoms with van der Waals surface area (Å²) in [6.45, 7) is 8.68. The quantitative estimate of drug-likeness (QED) is 0.847. The van der Waals surface area contributed by atoms with E-state index in [4.69, 9.17) is 0 Å². The van der Waals surface area contributed by atoms with Crippen molar-refractivity contribution in [2.75, 3.05) is 13.1 Å². The Balaban J connectivity index is 0.00000180. The molecule has 112 valence electrons. The standard InChI is InChI=1S/C15H28N2O.ClH/c1-11(2)14-6-4-5-9-17(14)15(18)13-7-8-16-12(3)10-13;/h11-14,16H,4-10H2,1-3H3;1H/t12-,13-,14?;/m0./s1. The van der Waals surface area contributed by atoms with Gasteiger partial charge in [-0.3, -0.25) is 4.79 Å². The molecule has 0 radical (unpaired) electrons. The molecule has 2 fully saturated rings. The molecule has 4 heteroatoms. The summed E-state index contributed by atoms with van der Waals surface area (Å²) in [6, 6.07) is 0.978. The molecule has 0 aromatic heterocycles. The predicted molar refractivity (Wildman–Crippen MR) is 81.6 cm³/mol. The van der Waals surface area contributed by atoms with Gasteiger partial charge in [0, 0.05) is 24.5 Å². The van der Waals surface area contributed by atoms with Gasteiger partial charge in [0.05, 0.1) is 0 Å². The molecule has 2 saturated heterocycles. The second kappa shape index (κ2) is 7.49. The Hall–Kier alpha value is -0.280. The molecule has 0 bridgehead atoms. The lowest BCUT2D eigenvalue weighted by molar-refractivity contribution is -0.141. The van der Waals surface area contributed by atoms with Crippen molar-refractivity contribution in [3.63, 3.8) is 0 Å². The van der Waals surface area contributed by atoms with Crippen molar-refractivity contribution in [3.05, 3.63) is 0 Å². The zero-order chi connectivity index (χ0) is 13.1. The largest absolute Gasteiger partial charge is 0.339 e. The van der Waals surface area contributed by atoms with Gasteiger partial charge in [-0.05, 0) is 51.5 Å². The van der Waals surface area contributed by atoms with E-state index in [-0.39, 0.29) is 18.3 Å². The fraction of sp³-hybridized carbons (Fsp3) is 0.933. The van der Waals surface area contributed by atoms with Crippen LogP contribution >= 0.6 is 12.4 Å². The number of carbonyl (C=O) groups is 1. The number of nitrogens with zero attached hydrogens (tertiary/aromatic N) is 1. The average molecular weight is 289 g/mol. The van der Waals surface area contributed by atoms with Crippen LogP contribution < -0.4 is 5.32 Å². The Morgan fingerprint density at radius 1 is 1.26 bits per heavy atom. The highest BCUT2D eigenvalue weighted by atomic mass is 35.5. The van der Waals surface area contributed by atoms with Crippen molar-refractivity contribution in [2.45, 2.75) is 65.0 Å². The minimum absolute atomic E-state index is 0. The highest BCUT2D eigenvalue weighted by molar-refractivity contribution is 5.85. The molecular weight excluding hydrogens is 260 g/mol. The van der Waals surface area contributed by atoms with Crippen LogP contribution in [0, 0.1) is 11.8 Å². The molecule has 3 nitrogen and oxygen atoms in total. The molecule has 2 aliphatic rings. The van der Waals surface area contributed by atoms with E-state index in [1.807, 2.05) is 0 Å². The lowest BCUT2D eigenvalue weighted by Gasteiger charge is -2.41. The SMILES string of the molecule is CC(C)C1CCCCN1C(=O)[C@H]1CCN[C@@H](C)C1.Cl. The summed E-state index contributed by atoms with van der Waals surface area (Å²) < 4.78 is 0. The number of hydrogen-bond acceptors (Lipinski definition) is 2. The molecule has 19 heavy (non-hydrogen) atoms. The molecule has 0 aromatic carbocycles. The Morgan fingerprint density at radius 3 is 2.63 bits per heavy atom. The van der Waals surface area contributed by atoms with E-state index in [9.17, 15) is 4.79 Å². The fourth-order valence-corrected chi connectivity index (χ4v) is 3.51. The molecular formula is C15H29ClN2O. The molecule has 1 unspecified atom stereocenters. The van der Waals surface area contributed by atoms with E-state index < -0.39 is 0 Å². The molecule has 0 aliphatic carbocycles. The predicted octanol–water partition coefficient (Wildman–Crippen LogP) is 2.83. The highest BCUT2D eigenvalue weighted by Crippen LogP contribution is 2.27. The summed E-state index contributed by atoms with van der Waals surface area (Å²) in [5, 5.41) is 3.43. The molecule has 2 heterocycles. The maximum absolute atomic E-state index is 12.7. The van der Waals surface area contributed by atoms with Gasteiger partial charge in [0.1, 0.15) is 0 Å². The minimum Gasteiger partial charge on any atom is -0.339 e. The lowest BCUT2D eigenvalue weighted by atomic mass is 9.87. The van der Waals surface area contributed by atoms with Gasteiger partial charge in [-0.1, -0.05) is 13.8 Å². The van der Waals surface area contributed by atoms with Crippen molar-refractivity contribution in [1.82, 2.24) is 10.2 Å². The zero-order valence-electron chi connectivity index (χ0n) is 12.5. The molecule has 3 atom stereocenters. The number of carbonyl (C=O) groups excluding carboxylic acids is 1. The summed E-state index contributed by atoms with van der Waals surface area (Å²) >= 11 is 0.